The first kappa shape index (κ1) is 12.8. The van der Waals surface area contributed by atoms with Gasteiger partial charge < -0.3 is 4.90 Å². The number of thiophene rings is 1. The van der Waals surface area contributed by atoms with Crippen molar-refractivity contribution in [1.29, 1.82) is 0 Å². The van der Waals surface area contributed by atoms with Crippen molar-refractivity contribution in [2.24, 2.45) is 0 Å². The van der Waals surface area contributed by atoms with Gasteiger partial charge in [0.2, 0.25) is 0 Å². The number of amides is 1. The van der Waals surface area contributed by atoms with E-state index in [-0.39, 0.29) is 11.9 Å². The first-order valence-electron chi connectivity index (χ1n) is 6.16. The third-order valence-corrected chi connectivity index (χ3v) is 4.91. The number of hydrogen-bond donors (Lipinski definition) is 0. The highest BCUT2D eigenvalue weighted by Crippen LogP contribution is 2.33. The van der Waals surface area contributed by atoms with Gasteiger partial charge >= 0.3 is 0 Å². The molecule has 0 spiro atoms. The summed E-state index contributed by atoms with van der Waals surface area (Å²) in [6.45, 7) is 2.85. The van der Waals surface area contributed by atoms with Crippen molar-refractivity contribution in [3.05, 3.63) is 50.4 Å². The van der Waals surface area contributed by atoms with Crippen LogP contribution in [0.15, 0.2) is 34.2 Å². The monoisotopic (exact) mass is 336 g/mol. The number of rotatable bonds is 1. The van der Waals surface area contributed by atoms with Crippen molar-refractivity contribution in [2.75, 3.05) is 6.54 Å². The second-order valence-electron chi connectivity index (χ2n) is 4.57. The van der Waals surface area contributed by atoms with Gasteiger partial charge in [0, 0.05) is 11.4 Å². The van der Waals surface area contributed by atoms with Crippen molar-refractivity contribution in [3.63, 3.8) is 0 Å². The van der Waals surface area contributed by atoms with Crippen molar-refractivity contribution in [1.82, 2.24) is 9.88 Å². The van der Waals surface area contributed by atoms with Crippen LogP contribution in [0.5, 0.6) is 0 Å². The molecular formula is C14H13BrN2OS. The predicted molar refractivity (Wildman–Crippen MR) is 79.4 cm³/mol. The number of halogens is 1. The summed E-state index contributed by atoms with van der Waals surface area (Å²) in [5.41, 5.74) is 1.78. The van der Waals surface area contributed by atoms with Crippen LogP contribution in [-0.4, -0.2) is 22.3 Å². The minimum absolute atomic E-state index is 0.00523. The molecule has 2 aromatic heterocycles. The van der Waals surface area contributed by atoms with Crippen LogP contribution in [0.25, 0.3) is 0 Å². The van der Waals surface area contributed by atoms with Crippen molar-refractivity contribution in [2.45, 2.75) is 19.4 Å². The molecule has 0 aliphatic carbocycles. The molecule has 1 aliphatic heterocycles. The van der Waals surface area contributed by atoms with Crippen molar-refractivity contribution >= 4 is 33.2 Å². The lowest BCUT2D eigenvalue weighted by molar-refractivity contribution is 0.0673. The van der Waals surface area contributed by atoms with Crippen LogP contribution in [0.3, 0.4) is 0 Å². The van der Waals surface area contributed by atoms with Crippen LogP contribution in [-0.2, 0) is 6.42 Å². The zero-order valence-electron chi connectivity index (χ0n) is 10.5. The zero-order chi connectivity index (χ0) is 13.4. The molecule has 0 fully saturated rings. The van der Waals surface area contributed by atoms with Crippen LogP contribution in [0, 0.1) is 0 Å². The van der Waals surface area contributed by atoms with E-state index in [0.717, 1.165) is 13.0 Å². The fraction of sp³-hybridized carbons (Fsp3) is 0.286. The van der Waals surface area contributed by atoms with E-state index < -0.39 is 0 Å². The Balaban J connectivity index is 1.90. The summed E-state index contributed by atoms with van der Waals surface area (Å²) in [6.07, 6.45) is 0.942. The first-order chi connectivity index (χ1) is 9.16. The topological polar surface area (TPSA) is 33.2 Å². The van der Waals surface area contributed by atoms with Crippen molar-refractivity contribution in [3.8, 4) is 0 Å². The lowest BCUT2D eigenvalue weighted by Gasteiger charge is -2.33. The van der Waals surface area contributed by atoms with Crippen molar-refractivity contribution < 1.29 is 4.79 Å². The largest absolute Gasteiger partial charge is 0.330 e. The summed E-state index contributed by atoms with van der Waals surface area (Å²) in [7, 11) is 0. The molecular weight excluding hydrogens is 324 g/mol. The molecule has 5 heteroatoms. The van der Waals surface area contributed by atoms with Gasteiger partial charge in [-0.2, -0.15) is 0 Å². The second-order valence-corrected chi connectivity index (χ2v) is 6.38. The first-order valence-corrected chi connectivity index (χ1v) is 7.84. The zero-order valence-corrected chi connectivity index (χ0v) is 12.9. The van der Waals surface area contributed by atoms with Crippen LogP contribution < -0.4 is 0 Å². The highest BCUT2D eigenvalue weighted by atomic mass is 79.9. The van der Waals surface area contributed by atoms with Gasteiger partial charge in [0.15, 0.2) is 0 Å². The SMILES string of the molecule is CC1c2ccsc2CCN1C(=O)c1cccc(Br)n1. The van der Waals surface area contributed by atoms with Crippen LogP contribution in [0.2, 0.25) is 0 Å². The van der Waals surface area contributed by atoms with E-state index in [9.17, 15) is 4.79 Å². The van der Waals surface area contributed by atoms with Crippen LogP contribution >= 0.6 is 27.3 Å². The van der Waals surface area contributed by atoms with Gasteiger partial charge in [-0.15, -0.1) is 11.3 Å². The molecule has 0 N–H and O–H groups in total. The molecule has 3 heterocycles. The third kappa shape index (κ3) is 2.32. The minimum Gasteiger partial charge on any atom is -0.330 e. The number of nitrogens with zero attached hydrogens (tertiary/aromatic N) is 2. The van der Waals surface area contributed by atoms with Gasteiger partial charge in [0.05, 0.1) is 6.04 Å². The molecule has 2 aromatic rings. The Kier molecular flexibility index (Phi) is 3.41. The summed E-state index contributed by atoms with van der Waals surface area (Å²) in [4.78, 5) is 20.1. The Morgan fingerprint density at radius 2 is 2.32 bits per heavy atom. The number of pyridine rings is 1. The molecule has 3 nitrogen and oxygen atoms in total. The third-order valence-electron chi connectivity index (χ3n) is 3.47. The fourth-order valence-corrected chi connectivity index (χ4v) is 3.77. The van der Waals surface area contributed by atoms with E-state index in [1.54, 1.807) is 17.4 Å². The second kappa shape index (κ2) is 5.06. The van der Waals surface area contributed by atoms with E-state index >= 15 is 0 Å². The molecule has 1 unspecified atom stereocenters. The summed E-state index contributed by atoms with van der Waals surface area (Å²) < 4.78 is 0.694. The molecule has 0 radical (unpaired) electrons. The van der Waals surface area contributed by atoms with E-state index in [1.807, 2.05) is 17.0 Å². The molecule has 1 atom stereocenters. The number of fused-ring (bicyclic) bond motifs is 1. The molecule has 3 rings (SSSR count). The minimum atomic E-state index is 0.00523. The summed E-state index contributed by atoms with van der Waals surface area (Å²) >= 11 is 5.09. The fourth-order valence-electron chi connectivity index (χ4n) is 2.46. The average molecular weight is 337 g/mol. The molecule has 0 aromatic carbocycles. The molecule has 0 bridgehead atoms. The highest BCUT2D eigenvalue weighted by molar-refractivity contribution is 9.10. The number of carbonyl (C=O) groups excluding carboxylic acids is 1. The number of carbonyl (C=O) groups is 1. The predicted octanol–water partition coefficient (Wildman–Crippen LogP) is 3.67. The Bertz CT molecular complexity index is 625. The van der Waals surface area contributed by atoms with Gasteiger partial charge in [-0.3, -0.25) is 4.79 Å². The Hall–Kier alpha value is -1.20. The number of aromatic nitrogens is 1. The van der Waals surface area contributed by atoms with Gasteiger partial charge in [-0.25, -0.2) is 4.98 Å². The van der Waals surface area contributed by atoms with Gasteiger partial charge in [-0.1, -0.05) is 6.07 Å². The Labute approximate surface area is 124 Å². The maximum atomic E-state index is 12.5. The van der Waals surface area contributed by atoms with Gasteiger partial charge in [-0.05, 0) is 58.4 Å². The summed E-state index contributed by atoms with van der Waals surface area (Å²) in [6, 6.07) is 7.69. The van der Waals surface area contributed by atoms with E-state index in [0.29, 0.717) is 10.3 Å². The molecule has 1 amide bonds. The lowest BCUT2D eigenvalue weighted by Crippen LogP contribution is -2.38. The summed E-state index contributed by atoms with van der Waals surface area (Å²) in [5.74, 6) is 0.00523. The van der Waals surface area contributed by atoms with Gasteiger partial charge in [0.25, 0.3) is 5.91 Å². The standard InChI is InChI=1S/C14H13BrN2OS/c1-9-10-6-8-19-12(10)5-7-17(9)14(18)11-3-2-4-13(15)16-11/h2-4,6,8-9H,5,7H2,1H3. The lowest BCUT2D eigenvalue weighted by atomic mass is 10.0. The van der Waals surface area contributed by atoms with E-state index in [2.05, 4.69) is 39.3 Å². The molecule has 0 saturated carbocycles. The highest BCUT2D eigenvalue weighted by Gasteiger charge is 2.29. The maximum absolute atomic E-state index is 12.5. The molecule has 98 valence electrons. The maximum Gasteiger partial charge on any atom is 0.273 e. The Morgan fingerprint density at radius 3 is 3.11 bits per heavy atom. The Morgan fingerprint density at radius 1 is 1.47 bits per heavy atom. The van der Waals surface area contributed by atoms with Gasteiger partial charge in [0.1, 0.15) is 10.3 Å². The van der Waals surface area contributed by atoms with E-state index in [4.69, 9.17) is 0 Å². The molecule has 19 heavy (non-hydrogen) atoms. The smallest absolute Gasteiger partial charge is 0.273 e. The molecule has 1 aliphatic rings. The normalized spacial score (nSPS) is 18.2. The van der Waals surface area contributed by atoms with E-state index in [1.165, 1.54) is 10.4 Å². The molecule has 0 saturated heterocycles. The van der Waals surface area contributed by atoms with Crippen LogP contribution in [0.1, 0.15) is 33.9 Å². The number of hydrogen-bond acceptors (Lipinski definition) is 3. The summed E-state index contributed by atoms with van der Waals surface area (Å²) in [5, 5.41) is 2.10. The average Bonchev–Trinajstić information content (AvgIpc) is 2.88. The quantitative estimate of drug-likeness (QED) is 0.744. The van der Waals surface area contributed by atoms with Crippen LogP contribution in [0.4, 0.5) is 0 Å².